The van der Waals surface area contributed by atoms with Crippen LogP contribution in [0, 0.1) is 6.92 Å². The van der Waals surface area contributed by atoms with E-state index in [9.17, 15) is 9.59 Å². The van der Waals surface area contributed by atoms with Crippen LogP contribution in [0.15, 0.2) is 18.2 Å². The molecule has 1 aliphatic rings. The highest BCUT2D eigenvalue weighted by Gasteiger charge is 2.29. The lowest BCUT2D eigenvalue weighted by Gasteiger charge is -2.17. The molecule has 0 aliphatic carbocycles. The normalized spacial score (nSPS) is 18.1. The van der Waals surface area contributed by atoms with Crippen molar-refractivity contribution in [2.45, 2.75) is 32.7 Å². The molecule has 1 heterocycles. The number of cyclic esters (lactones) is 1. The summed E-state index contributed by atoms with van der Waals surface area (Å²) in [5.74, 6) is 0.0617. The fourth-order valence-electron chi connectivity index (χ4n) is 2.08. The number of nitrogens with one attached hydrogen (secondary N) is 2. The van der Waals surface area contributed by atoms with Crippen molar-refractivity contribution in [1.82, 2.24) is 5.32 Å². The lowest BCUT2D eigenvalue weighted by atomic mass is 9.98. The van der Waals surface area contributed by atoms with Crippen molar-refractivity contribution in [1.29, 1.82) is 0 Å². The van der Waals surface area contributed by atoms with E-state index in [4.69, 9.17) is 4.74 Å². The number of rotatable bonds is 3. The van der Waals surface area contributed by atoms with E-state index in [2.05, 4.69) is 24.5 Å². The molecule has 0 radical (unpaired) electrons. The number of ether oxygens (including phenoxy) is 1. The van der Waals surface area contributed by atoms with Crippen LogP contribution in [-0.4, -0.2) is 24.6 Å². The molecular weight excluding hydrogens is 244 g/mol. The molecule has 2 N–H and O–H groups in total. The first-order valence-corrected chi connectivity index (χ1v) is 6.32. The molecule has 5 heteroatoms. The van der Waals surface area contributed by atoms with Crippen molar-refractivity contribution in [3.8, 4) is 0 Å². The Hall–Kier alpha value is -2.04. The Labute approximate surface area is 112 Å². The van der Waals surface area contributed by atoms with E-state index in [1.54, 1.807) is 0 Å². The number of carbonyl (C=O) groups excluding carboxylic acids is 2. The Morgan fingerprint density at radius 1 is 1.47 bits per heavy atom. The molecule has 19 heavy (non-hydrogen) atoms. The van der Waals surface area contributed by atoms with Crippen molar-refractivity contribution >= 4 is 17.7 Å². The van der Waals surface area contributed by atoms with Crippen molar-refractivity contribution in [3.63, 3.8) is 0 Å². The number of benzene rings is 1. The Morgan fingerprint density at radius 3 is 2.79 bits per heavy atom. The van der Waals surface area contributed by atoms with Gasteiger partial charge in [0.2, 0.25) is 0 Å². The number of carbonyl (C=O) groups is 2. The van der Waals surface area contributed by atoms with E-state index in [0.717, 1.165) is 16.8 Å². The summed E-state index contributed by atoms with van der Waals surface area (Å²) in [5.41, 5.74) is 2.91. The molecule has 1 aromatic rings. The summed E-state index contributed by atoms with van der Waals surface area (Å²) in [6, 6.07) is 5.30. The van der Waals surface area contributed by atoms with Crippen molar-refractivity contribution < 1.29 is 14.3 Å². The van der Waals surface area contributed by atoms with Gasteiger partial charge in [-0.05, 0) is 24.0 Å². The Balaban J connectivity index is 2.19. The van der Waals surface area contributed by atoms with Gasteiger partial charge in [0.25, 0.3) is 5.91 Å². The zero-order valence-electron chi connectivity index (χ0n) is 11.3. The molecule has 2 rings (SSSR count). The third kappa shape index (κ3) is 2.86. The van der Waals surface area contributed by atoms with Crippen LogP contribution in [0.2, 0.25) is 0 Å². The highest BCUT2D eigenvalue weighted by molar-refractivity contribution is 5.98. The third-order valence-electron chi connectivity index (χ3n) is 3.16. The molecule has 0 bridgehead atoms. The van der Waals surface area contributed by atoms with E-state index in [1.165, 1.54) is 0 Å². The summed E-state index contributed by atoms with van der Waals surface area (Å²) in [4.78, 5) is 23.0. The first kappa shape index (κ1) is 13.4. The second-order valence-corrected chi connectivity index (χ2v) is 4.98. The van der Waals surface area contributed by atoms with E-state index in [0.29, 0.717) is 5.92 Å². The van der Waals surface area contributed by atoms with Crippen LogP contribution in [0.25, 0.3) is 0 Å². The lowest BCUT2D eigenvalue weighted by molar-refractivity contribution is -0.117. The topological polar surface area (TPSA) is 67.4 Å². The summed E-state index contributed by atoms with van der Waals surface area (Å²) >= 11 is 0. The van der Waals surface area contributed by atoms with Gasteiger partial charge in [-0.25, -0.2) is 4.79 Å². The van der Waals surface area contributed by atoms with Gasteiger partial charge < -0.3 is 15.4 Å². The molecule has 1 fully saturated rings. The second-order valence-electron chi connectivity index (χ2n) is 4.98. The van der Waals surface area contributed by atoms with Gasteiger partial charge in [0.05, 0.1) is 0 Å². The number of aryl methyl sites for hydroxylation is 1. The Morgan fingerprint density at radius 2 is 2.21 bits per heavy atom. The first-order chi connectivity index (χ1) is 8.99. The summed E-state index contributed by atoms with van der Waals surface area (Å²) in [6.07, 6.45) is -0.547. The second kappa shape index (κ2) is 5.30. The molecule has 1 atom stereocenters. The third-order valence-corrected chi connectivity index (χ3v) is 3.16. The number of alkyl carbamates (subject to hydrolysis) is 1. The van der Waals surface area contributed by atoms with E-state index < -0.39 is 12.1 Å². The van der Waals surface area contributed by atoms with Crippen LogP contribution in [0.3, 0.4) is 0 Å². The van der Waals surface area contributed by atoms with E-state index in [1.807, 2.05) is 25.1 Å². The van der Waals surface area contributed by atoms with Crippen molar-refractivity contribution in [3.05, 3.63) is 29.3 Å². The zero-order valence-corrected chi connectivity index (χ0v) is 11.3. The van der Waals surface area contributed by atoms with Crippen LogP contribution in [0.5, 0.6) is 0 Å². The zero-order chi connectivity index (χ0) is 14.0. The van der Waals surface area contributed by atoms with Gasteiger partial charge in [-0.2, -0.15) is 0 Å². The molecule has 5 nitrogen and oxygen atoms in total. The molecule has 102 valence electrons. The maximum Gasteiger partial charge on any atom is 0.407 e. The smallest absolute Gasteiger partial charge is 0.407 e. The predicted octanol–water partition coefficient (Wildman–Crippen LogP) is 2.17. The van der Waals surface area contributed by atoms with Gasteiger partial charge in [-0.1, -0.05) is 32.0 Å². The molecule has 2 amide bonds. The highest BCUT2D eigenvalue weighted by Crippen LogP contribution is 2.27. The average Bonchev–Trinajstić information content (AvgIpc) is 2.78. The van der Waals surface area contributed by atoms with Crippen LogP contribution in [0.1, 0.15) is 30.9 Å². The van der Waals surface area contributed by atoms with Gasteiger partial charge in [0.15, 0.2) is 0 Å². The number of para-hydroxylation sites is 1. The quantitative estimate of drug-likeness (QED) is 0.877. The number of hydrogen-bond acceptors (Lipinski definition) is 3. The SMILES string of the molecule is Cc1cccc(C(C)C)c1NC(=O)C1COC(=O)N1. The van der Waals surface area contributed by atoms with Crippen LogP contribution < -0.4 is 10.6 Å². The predicted molar refractivity (Wildman–Crippen MR) is 72.2 cm³/mol. The van der Waals surface area contributed by atoms with E-state index in [-0.39, 0.29) is 12.5 Å². The Kier molecular flexibility index (Phi) is 3.74. The fourth-order valence-corrected chi connectivity index (χ4v) is 2.08. The van der Waals surface area contributed by atoms with Gasteiger partial charge in [0, 0.05) is 5.69 Å². The molecular formula is C14H18N2O3. The minimum Gasteiger partial charge on any atom is -0.447 e. The maximum atomic E-state index is 12.1. The molecule has 0 aromatic heterocycles. The number of anilines is 1. The van der Waals surface area contributed by atoms with Gasteiger partial charge >= 0.3 is 6.09 Å². The van der Waals surface area contributed by atoms with Crippen LogP contribution >= 0.6 is 0 Å². The largest absolute Gasteiger partial charge is 0.447 e. The standard InChI is InChI=1S/C14H18N2O3/c1-8(2)10-6-4-5-9(3)12(10)16-13(17)11-7-19-14(18)15-11/h4-6,8,11H,7H2,1-3H3,(H,15,18)(H,16,17). The van der Waals surface area contributed by atoms with Gasteiger partial charge in [0.1, 0.15) is 12.6 Å². The van der Waals surface area contributed by atoms with Crippen LogP contribution in [0.4, 0.5) is 10.5 Å². The monoisotopic (exact) mass is 262 g/mol. The van der Waals surface area contributed by atoms with Gasteiger partial charge in [-0.3, -0.25) is 4.79 Å². The fraction of sp³-hybridized carbons (Fsp3) is 0.429. The van der Waals surface area contributed by atoms with Crippen molar-refractivity contribution in [2.75, 3.05) is 11.9 Å². The molecule has 1 unspecified atom stereocenters. The first-order valence-electron chi connectivity index (χ1n) is 6.32. The maximum absolute atomic E-state index is 12.1. The number of amides is 2. The highest BCUT2D eigenvalue weighted by atomic mass is 16.6. The Bertz CT molecular complexity index is 511. The molecule has 1 aliphatic heterocycles. The van der Waals surface area contributed by atoms with Crippen molar-refractivity contribution in [2.24, 2.45) is 0 Å². The summed E-state index contributed by atoms with van der Waals surface area (Å²) < 4.78 is 4.72. The van der Waals surface area contributed by atoms with Gasteiger partial charge in [-0.15, -0.1) is 0 Å². The summed E-state index contributed by atoms with van der Waals surface area (Å²) in [5, 5.41) is 5.36. The molecule has 0 saturated carbocycles. The molecule has 0 spiro atoms. The molecule has 1 saturated heterocycles. The summed E-state index contributed by atoms with van der Waals surface area (Å²) in [7, 11) is 0. The minimum atomic E-state index is -0.618. The molecule has 1 aromatic carbocycles. The average molecular weight is 262 g/mol. The minimum absolute atomic E-state index is 0.0769. The van der Waals surface area contributed by atoms with Crippen LogP contribution in [-0.2, 0) is 9.53 Å². The van der Waals surface area contributed by atoms with E-state index >= 15 is 0 Å². The lowest BCUT2D eigenvalue weighted by Crippen LogP contribution is -2.39. The number of hydrogen-bond donors (Lipinski definition) is 2. The summed E-state index contributed by atoms with van der Waals surface area (Å²) in [6.45, 7) is 6.18.